The van der Waals surface area contributed by atoms with Crippen molar-refractivity contribution >= 4 is 28.1 Å². The molecule has 0 bridgehead atoms. The van der Waals surface area contributed by atoms with Crippen LogP contribution in [0.15, 0.2) is 89.8 Å². The number of sulfonamides is 1. The molecule has 6 nitrogen and oxygen atoms in total. The number of hydrogen-bond acceptors (Lipinski definition) is 4. The Hall–Kier alpha value is -2.94. The second kappa shape index (κ2) is 9.61. The van der Waals surface area contributed by atoms with Gasteiger partial charge in [0.25, 0.3) is 5.97 Å². The fraction of sp³-hybridized carbons (Fsp3) is 0.296. The minimum Gasteiger partial charge on any atom is -0.620 e. The van der Waals surface area contributed by atoms with Gasteiger partial charge in [-0.05, 0) is 50.3 Å². The first kappa shape index (κ1) is 23.8. The van der Waals surface area contributed by atoms with Crippen LogP contribution >= 0.6 is 0 Å². The third kappa shape index (κ3) is 4.31. The van der Waals surface area contributed by atoms with Crippen LogP contribution in [0.25, 0.3) is 0 Å². The first-order valence-electron chi connectivity index (χ1n) is 12.4. The molecule has 1 unspecified atom stereocenters. The third-order valence-electron chi connectivity index (χ3n) is 7.39. The van der Waals surface area contributed by atoms with Crippen LogP contribution in [0.3, 0.4) is 0 Å². The van der Waals surface area contributed by atoms with Gasteiger partial charge in [-0.3, -0.25) is 9.01 Å². The number of nitrogens with zero attached hydrogens (tertiary/aromatic N) is 1. The van der Waals surface area contributed by atoms with Gasteiger partial charge in [-0.15, -0.1) is 0 Å². The normalized spacial score (nSPS) is 23.8. The highest BCUT2D eigenvalue weighted by Crippen LogP contribution is 2.32. The van der Waals surface area contributed by atoms with Gasteiger partial charge in [0.15, 0.2) is 0 Å². The molecule has 0 spiro atoms. The van der Waals surface area contributed by atoms with E-state index in [1.54, 1.807) is 24.3 Å². The molecular formula is C27H31BN2O4S. The van der Waals surface area contributed by atoms with Gasteiger partial charge in [-0.2, -0.15) is 0 Å². The molecule has 3 aromatic rings. The lowest BCUT2D eigenvalue weighted by Crippen LogP contribution is -3.28. The van der Waals surface area contributed by atoms with Gasteiger partial charge in [-0.1, -0.05) is 83.8 Å². The van der Waals surface area contributed by atoms with E-state index >= 15 is 0 Å². The predicted octanol–water partition coefficient (Wildman–Crippen LogP) is 2.07. The highest BCUT2D eigenvalue weighted by atomic mass is 32.2. The van der Waals surface area contributed by atoms with E-state index in [0.29, 0.717) is 0 Å². The van der Waals surface area contributed by atoms with Gasteiger partial charge in [0.1, 0.15) is 0 Å². The van der Waals surface area contributed by atoms with E-state index in [1.165, 1.54) is 4.22 Å². The van der Waals surface area contributed by atoms with Crippen molar-refractivity contribution in [1.82, 2.24) is 4.22 Å². The van der Waals surface area contributed by atoms with E-state index < -0.39 is 28.7 Å². The van der Waals surface area contributed by atoms with Crippen LogP contribution in [-0.2, 0) is 25.9 Å². The number of rotatable bonds is 6. The van der Waals surface area contributed by atoms with Crippen LogP contribution < -0.4 is 10.3 Å². The summed E-state index contributed by atoms with van der Waals surface area (Å²) in [5.41, 5.74) is 2.61. The van der Waals surface area contributed by atoms with E-state index in [-0.39, 0.29) is 11.3 Å². The summed E-state index contributed by atoms with van der Waals surface area (Å²) >= 11 is 0. The van der Waals surface area contributed by atoms with Crippen LogP contribution in [0.2, 0.25) is 0 Å². The minimum absolute atomic E-state index is 0.179. The van der Waals surface area contributed by atoms with Gasteiger partial charge in [0.2, 0.25) is 10.0 Å². The van der Waals surface area contributed by atoms with Gasteiger partial charge in [0, 0.05) is 13.1 Å². The average molecular weight is 490 g/mol. The van der Waals surface area contributed by atoms with Crippen LogP contribution in [0.5, 0.6) is 0 Å². The lowest BCUT2D eigenvalue weighted by Gasteiger charge is -2.48. The molecule has 0 amide bonds. The summed E-state index contributed by atoms with van der Waals surface area (Å²) in [5.74, 6) is -0.480. The molecule has 2 aliphatic heterocycles. The number of nitrogens with one attached hydrogen (secondary N) is 1. The fourth-order valence-corrected chi connectivity index (χ4v) is 7.61. The maximum atomic E-state index is 14.4. The Morgan fingerprint density at radius 2 is 1.49 bits per heavy atom. The quantitative estimate of drug-likeness (QED) is 0.538. The van der Waals surface area contributed by atoms with Crippen molar-refractivity contribution in [2.24, 2.45) is 0 Å². The topological polar surface area (TPSA) is 68.1 Å². The lowest BCUT2D eigenvalue weighted by molar-refractivity contribution is -0.812. The molecule has 8 heteroatoms. The zero-order valence-corrected chi connectivity index (χ0v) is 20.8. The number of aryl methyl sites for hydroxylation is 1. The number of piperidine rings is 1. The molecule has 182 valence electrons. The summed E-state index contributed by atoms with van der Waals surface area (Å²) in [5, 5.41) is 0. The Morgan fingerprint density at radius 3 is 2.11 bits per heavy atom. The molecule has 0 radical (unpaired) electrons. The van der Waals surface area contributed by atoms with E-state index in [1.807, 2.05) is 67.6 Å². The monoisotopic (exact) mass is 490 g/mol. The third-order valence-corrected chi connectivity index (χ3v) is 9.37. The smallest absolute Gasteiger partial charge is 0.506 e. The second-order valence-corrected chi connectivity index (χ2v) is 11.5. The molecule has 3 aromatic carbocycles. The predicted molar refractivity (Wildman–Crippen MR) is 137 cm³/mol. The summed E-state index contributed by atoms with van der Waals surface area (Å²) < 4.78 is 36.6. The van der Waals surface area contributed by atoms with E-state index in [4.69, 9.17) is 4.65 Å². The van der Waals surface area contributed by atoms with Crippen LogP contribution in [0, 0.1) is 6.92 Å². The molecule has 2 atom stereocenters. The van der Waals surface area contributed by atoms with Crippen molar-refractivity contribution < 1.29 is 22.7 Å². The molecule has 5 rings (SSSR count). The Morgan fingerprint density at radius 1 is 0.886 bits per heavy atom. The summed E-state index contributed by atoms with van der Waals surface area (Å²) in [6.07, 6.45) is 3.28. The van der Waals surface area contributed by atoms with Gasteiger partial charge < -0.3 is 9.47 Å². The molecular weight excluding hydrogens is 459 g/mol. The summed E-state index contributed by atoms with van der Waals surface area (Å²) in [7, 11) is -4.07. The van der Waals surface area contributed by atoms with E-state index in [2.05, 4.69) is 0 Å². The first-order chi connectivity index (χ1) is 16.9. The zero-order valence-electron chi connectivity index (χ0n) is 20.0. The molecule has 0 aromatic heterocycles. The molecule has 0 aliphatic carbocycles. The SMILES string of the molecule is Cc1ccc(S(=O)(=O)N2[C@@H](Cc3ccccc3)C(=O)O[B-]2(c2ccccc2)[NH+]2CCCCC2)cc1. The second-order valence-electron chi connectivity index (χ2n) is 9.66. The standard InChI is InChI=1S/C27H31BN2O4S/c1-22-15-17-25(18-16-22)35(32,33)30-26(21-23-11-5-2-6-12-23)27(31)34-28(30,24-13-7-3-8-14-24)29-19-9-4-10-20-29/h2-3,5-8,11-18,26,29H,4,9-10,19-21H2,1H3/t26-,28?/m0/s1. The molecule has 2 saturated heterocycles. The number of carbonyl (C=O) groups is 1. The maximum Gasteiger partial charge on any atom is 0.506 e. The summed E-state index contributed by atoms with van der Waals surface area (Å²) in [6, 6.07) is 24.9. The first-order valence-corrected chi connectivity index (χ1v) is 13.8. The van der Waals surface area contributed by atoms with Crippen molar-refractivity contribution in [2.75, 3.05) is 13.1 Å². The number of benzene rings is 3. The number of carbonyl (C=O) groups excluding carboxylic acids is 1. The molecule has 35 heavy (non-hydrogen) atoms. The molecule has 1 N–H and O–H groups in total. The fourth-order valence-electron chi connectivity index (χ4n) is 5.69. The Bertz CT molecular complexity index is 1280. The summed E-state index contributed by atoms with van der Waals surface area (Å²) in [4.78, 5) is 14.8. The van der Waals surface area contributed by atoms with E-state index in [9.17, 15) is 13.2 Å². The number of quaternary nitrogens is 1. The van der Waals surface area contributed by atoms with Crippen LogP contribution in [-0.4, -0.2) is 44.4 Å². The van der Waals surface area contributed by atoms with Crippen molar-refractivity contribution in [3.05, 3.63) is 96.1 Å². The van der Waals surface area contributed by atoms with E-state index in [0.717, 1.165) is 53.8 Å². The van der Waals surface area contributed by atoms with Crippen molar-refractivity contribution in [3.63, 3.8) is 0 Å². The molecule has 0 saturated carbocycles. The Kier molecular flexibility index (Phi) is 6.53. The lowest BCUT2D eigenvalue weighted by atomic mass is 9.56. The van der Waals surface area contributed by atoms with Crippen molar-refractivity contribution in [3.8, 4) is 0 Å². The highest BCUT2D eigenvalue weighted by Gasteiger charge is 2.63. The molecule has 2 heterocycles. The average Bonchev–Trinajstić information content (AvgIpc) is 3.19. The van der Waals surface area contributed by atoms with Gasteiger partial charge in [0.05, 0.1) is 10.9 Å². The van der Waals surface area contributed by atoms with Gasteiger partial charge >= 0.3 is 6.62 Å². The largest absolute Gasteiger partial charge is 0.620 e. The van der Waals surface area contributed by atoms with Crippen LogP contribution in [0.4, 0.5) is 0 Å². The molecule has 2 fully saturated rings. The maximum absolute atomic E-state index is 14.4. The van der Waals surface area contributed by atoms with Crippen LogP contribution in [0.1, 0.15) is 30.4 Å². The van der Waals surface area contributed by atoms with Crippen molar-refractivity contribution in [2.45, 2.75) is 43.5 Å². The Balaban J connectivity index is 1.72. The highest BCUT2D eigenvalue weighted by molar-refractivity contribution is 7.90. The van der Waals surface area contributed by atoms with Crippen molar-refractivity contribution in [1.29, 1.82) is 0 Å². The summed E-state index contributed by atoms with van der Waals surface area (Å²) in [6.45, 7) is 1.03. The Labute approximate surface area is 207 Å². The van der Waals surface area contributed by atoms with Gasteiger partial charge in [-0.25, -0.2) is 8.42 Å². The number of hydrogen-bond donors (Lipinski definition) is 1. The molecule has 2 aliphatic rings. The zero-order chi connectivity index (χ0) is 24.5. The minimum atomic E-state index is -4.07.